The number of carbonyl (C=O) groups is 2. The Bertz CT molecular complexity index is 521. The van der Waals surface area contributed by atoms with Crippen molar-refractivity contribution in [3.8, 4) is 0 Å². The van der Waals surface area contributed by atoms with Crippen molar-refractivity contribution in [2.45, 2.75) is 39.5 Å². The van der Waals surface area contributed by atoms with Crippen molar-refractivity contribution in [3.05, 3.63) is 11.1 Å². The second kappa shape index (κ2) is 6.43. The minimum atomic E-state index is -0.736. The summed E-state index contributed by atoms with van der Waals surface area (Å²) in [4.78, 5) is 30.5. The van der Waals surface area contributed by atoms with Crippen LogP contribution in [0.25, 0.3) is 0 Å². The lowest BCUT2D eigenvalue weighted by Gasteiger charge is -2.38. The second-order valence-corrected chi connectivity index (χ2v) is 6.76. The average Bonchev–Trinajstić information content (AvgIpc) is 2.85. The molecule has 1 aromatic rings. The van der Waals surface area contributed by atoms with Crippen LogP contribution in [-0.4, -0.2) is 40.1 Å². The number of hydrogen-bond donors (Lipinski definition) is 2. The molecule has 1 aliphatic heterocycles. The molecule has 7 heteroatoms. The van der Waals surface area contributed by atoms with Gasteiger partial charge < -0.3 is 10.0 Å². The third kappa shape index (κ3) is 3.53. The van der Waals surface area contributed by atoms with Gasteiger partial charge in [-0.2, -0.15) is 0 Å². The highest BCUT2D eigenvalue weighted by Crippen LogP contribution is 2.36. The number of anilines is 1. The van der Waals surface area contributed by atoms with E-state index < -0.39 is 11.4 Å². The van der Waals surface area contributed by atoms with E-state index in [0.717, 1.165) is 11.3 Å². The van der Waals surface area contributed by atoms with Gasteiger partial charge in [-0.15, -0.1) is 11.3 Å². The minimum Gasteiger partial charge on any atom is -0.481 e. The van der Waals surface area contributed by atoms with E-state index in [2.05, 4.69) is 10.3 Å². The number of rotatable bonds is 4. The number of likely N-dealkylation sites (tertiary alicyclic amines) is 1. The maximum absolute atomic E-state index is 12.1. The van der Waals surface area contributed by atoms with E-state index in [-0.39, 0.29) is 6.03 Å². The van der Waals surface area contributed by atoms with E-state index in [1.807, 2.05) is 13.8 Å². The molecule has 0 aliphatic carbocycles. The third-order valence-electron chi connectivity index (χ3n) is 4.03. The molecule has 0 bridgehead atoms. The van der Waals surface area contributed by atoms with Crippen molar-refractivity contribution >= 4 is 28.5 Å². The summed E-state index contributed by atoms with van der Waals surface area (Å²) in [5.74, 6) is -0.736. The minimum absolute atomic E-state index is 0.195. The topological polar surface area (TPSA) is 82.5 Å². The number of amides is 2. The molecule has 0 radical (unpaired) electrons. The second-order valence-electron chi connectivity index (χ2n) is 5.53. The summed E-state index contributed by atoms with van der Waals surface area (Å²) in [6.45, 7) is 4.87. The van der Waals surface area contributed by atoms with Gasteiger partial charge in [0.25, 0.3) is 0 Å². The maximum atomic E-state index is 12.1. The molecule has 0 spiro atoms. The molecular formula is C14H21N3O3S. The molecule has 0 saturated carbocycles. The molecule has 2 N–H and O–H groups in total. The first-order valence-electron chi connectivity index (χ1n) is 7.18. The molecule has 2 heterocycles. The van der Waals surface area contributed by atoms with Crippen LogP contribution < -0.4 is 5.32 Å². The fourth-order valence-electron chi connectivity index (χ4n) is 2.77. The summed E-state index contributed by atoms with van der Waals surface area (Å²) in [7, 11) is 0. The van der Waals surface area contributed by atoms with Crippen LogP contribution in [0, 0.1) is 12.3 Å². The lowest BCUT2D eigenvalue weighted by Crippen LogP contribution is -2.47. The number of carboxylic acids is 1. The van der Waals surface area contributed by atoms with Crippen molar-refractivity contribution in [1.82, 2.24) is 9.88 Å². The standard InChI is InChI=1S/C14H21N3O3S/c1-3-4-14(11(18)19)5-7-17(8-6-14)13(20)16-12-15-9-10(2)21-12/h9H,3-8H2,1-2H3,(H,18,19)(H,15,16,20). The predicted molar refractivity (Wildman–Crippen MR) is 81.7 cm³/mol. The predicted octanol–water partition coefficient (Wildman–Crippen LogP) is 2.95. The maximum Gasteiger partial charge on any atom is 0.323 e. The number of thiazole rings is 1. The summed E-state index contributed by atoms with van der Waals surface area (Å²) >= 11 is 1.43. The summed E-state index contributed by atoms with van der Waals surface area (Å²) in [5.41, 5.74) is -0.663. The lowest BCUT2D eigenvalue weighted by atomic mass is 9.75. The average molecular weight is 311 g/mol. The summed E-state index contributed by atoms with van der Waals surface area (Å²) in [5, 5.41) is 12.8. The van der Waals surface area contributed by atoms with Crippen LogP contribution in [0.2, 0.25) is 0 Å². The number of piperidine rings is 1. The molecule has 1 aromatic heterocycles. The van der Waals surface area contributed by atoms with Crippen molar-refractivity contribution in [2.24, 2.45) is 5.41 Å². The van der Waals surface area contributed by atoms with E-state index in [9.17, 15) is 14.7 Å². The number of hydrogen-bond acceptors (Lipinski definition) is 4. The number of carbonyl (C=O) groups excluding carboxylic acids is 1. The lowest BCUT2D eigenvalue weighted by molar-refractivity contribution is -0.152. The molecule has 1 saturated heterocycles. The number of aromatic nitrogens is 1. The molecule has 0 aromatic carbocycles. The van der Waals surface area contributed by atoms with Crippen molar-refractivity contribution in [2.75, 3.05) is 18.4 Å². The Morgan fingerprint density at radius 1 is 1.48 bits per heavy atom. The first-order chi connectivity index (χ1) is 9.97. The number of carboxylic acid groups (broad SMARTS) is 1. The zero-order valence-corrected chi connectivity index (χ0v) is 13.2. The molecule has 0 unspecified atom stereocenters. The van der Waals surface area contributed by atoms with E-state index in [4.69, 9.17) is 0 Å². The molecule has 6 nitrogen and oxygen atoms in total. The van der Waals surface area contributed by atoms with Crippen LogP contribution in [0.1, 0.15) is 37.5 Å². The molecule has 0 atom stereocenters. The van der Waals surface area contributed by atoms with Gasteiger partial charge in [0.05, 0.1) is 5.41 Å². The SMILES string of the molecule is CCCC1(C(=O)O)CCN(C(=O)Nc2ncc(C)s2)CC1. The van der Waals surface area contributed by atoms with Crippen LogP contribution in [0.15, 0.2) is 6.20 Å². The number of nitrogens with zero attached hydrogens (tertiary/aromatic N) is 2. The van der Waals surface area contributed by atoms with Gasteiger partial charge in [-0.3, -0.25) is 10.1 Å². The van der Waals surface area contributed by atoms with Gasteiger partial charge in [-0.05, 0) is 26.2 Å². The largest absolute Gasteiger partial charge is 0.481 e. The zero-order chi connectivity index (χ0) is 15.5. The quantitative estimate of drug-likeness (QED) is 0.895. The Morgan fingerprint density at radius 3 is 2.62 bits per heavy atom. The molecule has 1 fully saturated rings. The van der Waals surface area contributed by atoms with E-state index in [1.54, 1.807) is 11.1 Å². The fraction of sp³-hybridized carbons (Fsp3) is 0.643. The first kappa shape index (κ1) is 15.8. The van der Waals surface area contributed by atoms with Crippen molar-refractivity contribution < 1.29 is 14.7 Å². The van der Waals surface area contributed by atoms with Crippen molar-refractivity contribution in [3.63, 3.8) is 0 Å². The Hall–Kier alpha value is -1.63. The normalized spacial score (nSPS) is 17.5. The van der Waals surface area contributed by atoms with E-state index in [0.29, 0.717) is 37.5 Å². The van der Waals surface area contributed by atoms with Crippen LogP contribution in [-0.2, 0) is 4.79 Å². The Balaban J connectivity index is 1.93. The van der Waals surface area contributed by atoms with Crippen molar-refractivity contribution in [1.29, 1.82) is 0 Å². The molecule has 116 valence electrons. The highest BCUT2D eigenvalue weighted by Gasteiger charge is 2.41. The van der Waals surface area contributed by atoms with Crippen LogP contribution >= 0.6 is 11.3 Å². The highest BCUT2D eigenvalue weighted by atomic mass is 32.1. The number of aliphatic carboxylic acids is 1. The van der Waals surface area contributed by atoms with Gasteiger partial charge in [0, 0.05) is 24.2 Å². The van der Waals surface area contributed by atoms with Crippen LogP contribution in [0.4, 0.5) is 9.93 Å². The fourth-order valence-corrected chi connectivity index (χ4v) is 3.42. The van der Waals surface area contributed by atoms with E-state index in [1.165, 1.54) is 11.3 Å². The summed E-state index contributed by atoms with van der Waals surface area (Å²) < 4.78 is 0. The third-order valence-corrected chi connectivity index (χ3v) is 4.85. The zero-order valence-electron chi connectivity index (χ0n) is 12.4. The van der Waals surface area contributed by atoms with Crippen LogP contribution in [0.3, 0.4) is 0 Å². The van der Waals surface area contributed by atoms with Crippen LogP contribution in [0.5, 0.6) is 0 Å². The van der Waals surface area contributed by atoms with E-state index >= 15 is 0 Å². The van der Waals surface area contributed by atoms with Gasteiger partial charge in [0.1, 0.15) is 0 Å². The molecule has 2 amide bonds. The number of urea groups is 1. The molecule has 21 heavy (non-hydrogen) atoms. The molecular weight excluding hydrogens is 290 g/mol. The number of nitrogens with one attached hydrogen (secondary N) is 1. The van der Waals surface area contributed by atoms with Gasteiger partial charge in [-0.25, -0.2) is 9.78 Å². The Labute approximate surface area is 128 Å². The highest BCUT2D eigenvalue weighted by molar-refractivity contribution is 7.15. The van der Waals surface area contributed by atoms with Gasteiger partial charge >= 0.3 is 12.0 Å². The summed E-state index contributed by atoms with van der Waals surface area (Å²) in [6, 6.07) is -0.195. The molecule has 1 aliphatic rings. The monoisotopic (exact) mass is 311 g/mol. The summed E-state index contributed by atoms with van der Waals surface area (Å²) in [6.07, 6.45) is 4.26. The molecule has 2 rings (SSSR count). The van der Waals surface area contributed by atoms with Gasteiger partial charge in [0.15, 0.2) is 5.13 Å². The first-order valence-corrected chi connectivity index (χ1v) is 8.00. The smallest absolute Gasteiger partial charge is 0.323 e. The van der Waals surface area contributed by atoms with Gasteiger partial charge in [-0.1, -0.05) is 13.3 Å². The Kier molecular flexibility index (Phi) is 4.82. The van der Waals surface area contributed by atoms with Gasteiger partial charge in [0.2, 0.25) is 0 Å². The number of aryl methyl sites for hydroxylation is 1. The Morgan fingerprint density at radius 2 is 2.14 bits per heavy atom.